The Morgan fingerprint density at radius 2 is 2.25 bits per heavy atom. The van der Waals surface area contributed by atoms with Gasteiger partial charge in [-0.15, -0.1) is 0 Å². The highest BCUT2D eigenvalue weighted by Gasteiger charge is 2.01. The molecule has 0 N–H and O–H groups in total. The van der Waals surface area contributed by atoms with Crippen molar-refractivity contribution in [1.82, 2.24) is 4.98 Å². The summed E-state index contributed by atoms with van der Waals surface area (Å²) >= 11 is 0. The largest absolute Gasteiger partial charge is 0.462 e. The molecule has 0 saturated carbocycles. The van der Waals surface area contributed by atoms with Gasteiger partial charge in [-0.25, -0.2) is 4.98 Å². The molecule has 0 radical (unpaired) electrons. The molecule has 3 nitrogen and oxygen atoms in total. The maximum absolute atomic E-state index is 11.2. The van der Waals surface area contributed by atoms with Gasteiger partial charge in [-0.1, -0.05) is 0 Å². The molecule has 12 heavy (non-hydrogen) atoms. The number of aryl methyl sites for hydroxylation is 1. The van der Waals surface area contributed by atoms with Crippen molar-refractivity contribution in [2.45, 2.75) is 6.92 Å². The molecule has 60 valence electrons. The van der Waals surface area contributed by atoms with E-state index in [2.05, 4.69) is 4.98 Å². The molecule has 2 aromatic rings. The molecule has 0 aliphatic carbocycles. The molecule has 2 aromatic heterocycles. The van der Waals surface area contributed by atoms with Crippen molar-refractivity contribution in [2.24, 2.45) is 0 Å². The van der Waals surface area contributed by atoms with E-state index in [0.717, 1.165) is 5.56 Å². The Kier molecular flexibility index (Phi) is 1.43. The molecule has 3 heteroatoms. The number of hydrogen-bond donors (Lipinski definition) is 0. The number of fused-ring (bicyclic) bond motifs is 1. The molecule has 0 spiro atoms. The Hall–Kier alpha value is -1.64. The van der Waals surface area contributed by atoms with Gasteiger partial charge in [-0.3, -0.25) is 4.79 Å². The third-order valence-corrected chi connectivity index (χ3v) is 1.74. The Morgan fingerprint density at radius 1 is 1.42 bits per heavy atom. The second-order valence-electron chi connectivity index (χ2n) is 2.59. The number of aromatic nitrogens is 1. The summed E-state index contributed by atoms with van der Waals surface area (Å²) in [4.78, 5) is 15.1. The number of rotatable bonds is 0. The third kappa shape index (κ3) is 0.906. The second-order valence-corrected chi connectivity index (χ2v) is 2.59. The highest BCUT2D eigenvalue weighted by atomic mass is 16.3. The van der Waals surface area contributed by atoms with E-state index in [1.807, 2.05) is 13.0 Å². The summed E-state index contributed by atoms with van der Waals surface area (Å²) < 4.78 is 5.16. The zero-order valence-corrected chi connectivity index (χ0v) is 6.57. The highest BCUT2D eigenvalue weighted by molar-refractivity contribution is 5.74. The summed E-state index contributed by atoms with van der Waals surface area (Å²) in [6.45, 7) is 1.88. The first-order valence-corrected chi connectivity index (χ1v) is 3.62. The molecule has 0 atom stereocenters. The predicted octanol–water partition coefficient (Wildman–Crippen LogP) is 1.50. The van der Waals surface area contributed by atoms with Gasteiger partial charge < -0.3 is 4.42 Å². The van der Waals surface area contributed by atoms with Gasteiger partial charge in [-0.05, 0) is 18.6 Å². The van der Waals surface area contributed by atoms with Crippen molar-refractivity contribution in [2.75, 3.05) is 0 Å². The van der Waals surface area contributed by atoms with Crippen molar-refractivity contribution in [3.63, 3.8) is 0 Å². The van der Waals surface area contributed by atoms with Gasteiger partial charge in [0.15, 0.2) is 11.1 Å². The highest BCUT2D eigenvalue weighted by Crippen LogP contribution is 2.10. The topological polar surface area (TPSA) is 43.1 Å². The van der Waals surface area contributed by atoms with Gasteiger partial charge >= 0.3 is 0 Å². The van der Waals surface area contributed by atoms with Gasteiger partial charge in [0, 0.05) is 12.3 Å². The van der Waals surface area contributed by atoms with Gasteiger partial charge in [-0.2, -0.15) is 0 Å². The van der Waals surface area contributed by atoms with Crippen LogP contribution >= 0.6 is 0 Å². The summed E-state index contributed by atoms with van der Waals surface area (Å²) in [5, 5.41) is 0. The molecule has 2 rings (SSSR count). The first-order valence-electron chi connectivity index (χ1n) is 3.62. The fraction of sp³-hybridized carbons (Fsp3) is 0.111. The van der Waals surface area contributed by atoms with E-state index < -0.39 is 0 Å². The minimum atomic E-state index is -0.0973. The lowest BCUT2D eigenvalue weighted by Gasteiger charge is -1.96. The fourth-order valence-corrected chi connectivity index (χ4v) is 1.11. The lowest BCUT2D eigenvalue weighted by molar-refractivity contribution is 0.598. The van der Waals surface area contributed by atoms with Crippen molar-refractivity contribution < 1.29 is 4.42 Å². The Labute approximate surface area is 68.7 Å². The van der Waals surface area contributed by atoms with Gasteiger partial charge in [0.1, 0.15) is 0 Å². The molecule has 2 heterocycles. The van der Waals surface area contributed by atoms with Gasteiger partial charge in [0.05, 0.1) is 6.26 Å². The van der Waals surface area contributed by atoms with E-state index >= 15 is 0 Å². The Morgan fingerprint density at radius 3 is 3.00 bits per heavy atom. The molecule has 0 aliphatic heterocycles. The van der Waals surface area contributed by atoms with Crippen LogP contribution in [0.2, 0.25) is 0 Å². The van der Waals surface area contributed by atoms with Crippen LogP contribution in [0.1, 0.15) is 5.56 Å². The van der Waals surface area contributed by atoms with Crippen molar-refractivity contribution in [3.8, 4) is 0 Å². The van der Waals surface area contributed by atoms with Crippen LogP contribution in [0.15, 0.2) is 33.8 Å². The molecule has 0 aromatic carbocycles. The Bertz CT molecular complexity index is 473. The van der Waals surface area contributed by atoms with Crippen LogP contribution in [0, 0.1) is 6.92 Å². The Balaban J connectivity index is 3.05. The second kappa shape index (κ2) is 2.44. The molecular weight excluding hydrogens is 154 g/mol. The fourth-order valence-electron chi connectivity index (χ4n) is 1.11. The van der Waals surface area contributed by atoms with Crippen LogP contribution in [-0.4, -0.2) is 4.98 Å². The minimum absolute atomic E-state index is 0.0973. The smallest absolute Gasteiger partial charge is 0.211 e. The van der Waals surface area contributed by atoms with E-state index in [-0.39, 0.29) is 5.43 Å². The number of pyridine rings is 1. The van der Waals surface area contributed by atoms with E-state index in [1.54, 1.807) is 6.20 Å². The van der Waals surface area contributed by atoms with Gasteiger partial charge in [0.2, 0.25) is 5.43 Å². The summed E-state index contributed by atoms with van der Waals surface area (Å²) in [5.41, 5.74) is 1.81. The summed E-state index contributed by atoms with van der Waals surface area (Å²) in [6.07, 6.45) is 2.99. The van der Waals surface area contributed by atoms with Crippen LogP contribution in [0.3, 0.4) is 0 Å². The quantitative estimate of drug-likeness (QED) is 0.588. The molecule has 0 saturated heterocycles. The average Bonchev–Trinajstić information content (AvgIpc) is 2.07. The van der Waals surface area contributed by atoms with Crippen LogP contribution in [-0.2, 0) is 0 Å². The lowest BCUT2D eigenvalue weighted by Crippen LogP contribution is -2.00. The van der Waals surface area contributed by atoms with Crippen LogP contribution in [0.4, 0.5) is 0 Å². The normalized spacial score (nSPS) is 10.4. The monoisotopic (exact) mass is 161 g/mol. The molecule has 0 fully saturated rings. The first-order chi connectivity index (χ1) is 5.79. The van der Waals surface area contributed by atoms with E-state index in [4.69, 9.17) is 4.42 Å². The van der Waals surface area contributed by atoms with Crippen LogP contribution < -0.4 is 5.43 Å². The predicted molar refractivity (Wildman–Crippen MR) is 45.0 cm³/mol. The molecular formula is C9H7NO2. The molecule has 0 aliphatic rings. The first kappa shape index (κ1) is 7.03. The lowest BCUT2D eigenvalue weighted by atomic mass is 10.2. The number of hydrogen-bond acceptors (Lipinski definition) is 3. The molecule has 0 bridgehead atoms. The summed E-state index contributed by atoms with van der Waals surface area (Å²) in [6, 6.07) is 3.18. The van der Waals surface area contributed by atoms with Gasteiger partial charge in [0.25, 0.3) is 0 Å². The van der Waals surface area contributed by atoms with E-state index in [0.29, 0.717) is 11.1 Å². The van der Waals surface area contributed by atoms with Crippen LogP contribution in [0.5, 0.6) is 0 Å². The zero-order valence-electron chi connectivity index (χ0n) is 6.57. The van der Waals surface area contributed by atoms with Crippen molar-refractivity contribution in [1.29, 1.82) is 0 Å². The standard InChI is InChI=1S/C9H7NO2/c1-6-2-4-10-8-7(11)3-5-12-9(6)8/h2-5H,1H3. The zero-order chi connectivity index (χ0) is 8.55. The summed E-state index contributed by atoms with van der Waals surface area (Å²) in [5.74, 6) is 0. The van der Waals surface area contributed by atoms with Crippen molar-refractivity contribution in [3.05, 3.63) is 40.4 Å². The van der Waals surface area contributed by atoms with E-state index in [1.165, 1.54) is 12.3 Å². The van der Waals surface area contributed by atoms with Crippen molar-refractivity contribution >= 4 is 11.1 Å². The summed E-state index contributed by atoms with van der Waals surface area (Å²) in [7, 11) is 0. The average molecular weight is 161 g/mol. The SMILES string of the molecule is Cc1ccnc2c(=O)ccoc12. The minimum Gasteiger partial charge on any atom is -0.462 e. The number of nitrogens with zero attached hydrogens (tertiary/aromatic N) is 1. The van der Waals surface area contributed by atoms with Crippen LogP contribution in [0.25, 0.3) is 11.1 Å². The third-order valence-electron chi connectivity index (χ3n) is 1.74. The maximum Gasteiger partial charge on any atom is 0.211 e. The molecule has 0 amide bonds. The molecule has 0 unspecified atom stereocenters. The maximum atomic E-state index is 11.2. The van der Waals surface area contributed by atoms with E-state index in [9.17, 15) is 4.79 Å².